The van der Waals surface area contributed by atoms with E-state index in [2.05, 4.69) is 10.8 Å². The summed E-state index contributed by atoms with van der Waals surface area (Å²) < 4.78 is 22.2. The predicted octanol–water partition coefficient (Wildman–Crippen LogP) is 0.129. The third-order valence-electron chi connectivity index (χ3n) is 2.49. The zero-order valence-corrected chi connectivity index (χ0v) is 8.68. The lowest BCUT2D eigenvalue weighted by Gasteiger charge is -2.29. The summed E-state index contributed by atoms with van der Waals surface area (Å²) >= 11 is 0. The second-order valence-electron chi connectivity index (χ2n) is 3.50. The molecule has 4 heteroatoms. The molecule has 1 aliphatic rings. The van der Waals surface area contributed by atoms with Gasteiger partial charge in [-0.2, -0.15) is 0 Å². The first-order valence-electron chi connectivity index (χ1n) is 4.39. The first-order valence-corrected chi connectivity index (χ1v) is 6.21. The van der Waals surface area contributed by atoms with Crippen LogP contribution in [0.1, 0.15) is 12.8 Å². The van der Waals surface area contributed by atoms with Crippen molar-refractivity contribution in [1.82, 2.24) is 4.90 Å². The van der Waals surface area contributed by atoms with E-state index in [1.165, 1.54) is 0 Å². The molecule has 1 heterocycles. The number of hydrogen-bond acceptors (Lipinski definition) is 3. The average Bonchev–Trinajstić information content (AvgIpc) is 2.04. The van der Waals surface area contributed by atoms with Crippen molar-refractivity contribution in [3.05, 3.63) is 0 Å². The Morgan fingerprint density at radius 3 is 2.46 bits per heavy atom. The summed E-state index contributed by atoms with van der Waals surface area (Å²) in [6.45, 7) is 0.602. The summed E-state index contributed by atoms with van der Waals surface area (Å²) in [6.07, 6.45) is 6.62. The molecule has 1 aliphatic heterocycles. The molecule has 0 aromatic heterocycles. The van der Waals surface area contributed by atoms with Gasteiger partial charge in [0.25, 0.3) is 0 Å². The number of hydrogen-bond donors (Lipinski definition) is 0. The Bertz CT molecular complexity index is 288. The summed E-state index contributed by atoms with van der Waals surface area (Å²) in [7, 11) is -0.796. The molecule has 1 saturated heterocycles. The molecule has 1 fully saturated rings. The van der Waals surface area contributed by atoms with Crippen molar-refractivity contribution >= 4 is 9.84 Å². The Kier molecular flexibility index (Phi) is 3.34. The van der Waals surface area contributed by atoms with Crippen molar-refractivity contribution < 1.29 is 8.42 Å². The minimum absolute atomic E-state index is 0.312. The van der Waals surface area contributed by atoms with Crippen molar-refractivity contribution in [2.45, 2.75) is 18.9 Å². The van der Waals surface area contributed by atoms with Crippen LogP contribution in [-0.2, 0) is 9.84 Å². The average molecular weight is 201 g/mol. The van der Waals surface area contributed by atoms with Gasteiger partial charge in [-0.15, -0.1) is 6.42 Å². The highest BCUT2D eigenvalue weighted by atomic mass is 32.2. The Morgan fingerprint density at radius 2 is 2.00 bits per heavy atom. The van der Waals surface area contributed by atoms with Gasteiger partial charge < -0.3 is 0 Å². The van der Waals surface area contributed by atoms with E-state index in [4.69, 9.17) is 6.42 Å². The second kappa shape index (κ2) is 4.12. The van der Waals surface area contributed by atoms with E-state index in [1.54, 1.807) is 0 Å². The van der Waals surface area contributed by atoms with Gasteiger partial charge in [0.15, 0.2) is 0 Å². The van der Waals surface area contributed by atoms with Gasteiger partial charge in [0.2, 0.25) is 0 Å². The Morgan fingerprint density at radius 1 is 1.46 bits per heavy atom. The molecule has 1 rings (SSSR count). The van der Waals surface area contributed by atoms with Crippen LogP contribution < -0.4 is 0 Å². The molecule has 3 nitrogen and oxygen atoms in total. The minimum atomic E-state index is -2.74. The van der Waals surface area contributed by atoms with Crippen molar-refractivity contribution in [3.63, 3.8) is 0 Å². The fourth-order valence-electron chi connectivity index (χ4n) is 1.59. The summed E-state index contributed by atoms with van der Waals surface area (Å²) in [5.74, 6) is 3.19. The van der Waals surface area contributed by atoms with Crippen LogP contribution >= 0.6 is 0 Å². The van der Waals surface area contributed by atoms with Crippen molar-refractivity contribution in [2.24, 2.45) is 0 Å². The molecule has 0 aliphatic carbocycles. The maximum absolute atomic E-state index is 11.1. The van der Waals surface area contributed by atoms with Crippen LogP contribution in [0.25, 0.3) is 0 Å². The molecule has 0 unspecified atom stereocenters. The number of terminal acetylenes is 1. The van der Waals surface area contributed by atoms with Crippen LogP contribution in [0.2, 0.25) is 0 Å². The zero-order chi connectivity index (χ0) is 9.90. The molecule has 0 aromatic carbocycles. The van der Waals surface area contributed by atoms with Gasteiger partial charge in [0.1, 0.15) is 9.84 Å². The Labute approximate surface area is 80.0 Å². The lowest BCUT2D eigenvalue weighted by Crippen LogP contribution is -2.39. The molecule has 0 N–H and O–H groups in total. The van der Waals surface area contributed by atoms with Gasteiger partial charge in [-0.3, -0.25) is 4.90 Å². The summed E-state index contributed by atoms with van der Waals surface area (Å²) in [5, 5.41) is 0. The summed E-state index contributed by atoms with van der Waals surface area (Å²) in [5.41, 5.74) is 0. The minimum Gasteiger partial charge on any atom is -0.292 e. The van der Waals surface area contributed by atoms with Crippen LogP contribution in [0.15, 0.2) is 0 Å². The summed E-state index contributed by atoms with van der Waals surface area (Å²) in [4.78, 5) is 2.05. The molecule has 0 radical (unpaired) electrons. The molecule has 0 bridgehead atoms. The van der Waals surface area contributed by atoms with Gasteiger partial charge in [0.05, 0.1) is 18.1 Å². The lowest BCUT2D eigenvalue weighted by molar-refractivity contribution is 0.252. The maximum Gasteiger partial charge on any atom is 0.150 e. The van der Waals surface area contributed by atoms with Crippen LogP contribution in [0.4, 0.5) is 0 Å². The van der Waals surface area contributed by atoms with Gasteiger partial charge in [-0.25, -0.2) is 8.42 Å². The van der Waals surface area contributed by atoms with E-state index < -0.39 is 9.84 Å². The Balaban J connectivity index is 2.46. The van der Waals surface area contributed by atoms with E-state index in [9.17, 15) is 8.42 Å². The fourth-order valence-corrected chi connectivity index (χ4v) is 3.06. The van der Waals surface area contributed by atoms with E-state index in [0.29, 0.717) is 24.1 Å². The number of nitrogens with zero attached hydrogens (tertiary/aromatic N) is 1. The van der Waals surface area contributed by atoms with Crippen LogP contribution in [0, 0.1) is 12.3 Å². The zero-order valence-electron chi connectivity index (χ0n) is 7.86. The molecule has 0 spiro atoms. The van der Waals surface area contributed by atoms with E-state index >= 15 is 0 Å². The molecule has 0 saturated carbocycles. The molecule has 0 atom stereocenters. The third-order valence-corrected chi connectivity index (χ3v) is 4.20. The van der Waals surface area contributed by atoms with E-state index in [1.807, 2.05) is 7.05 Å². The van der Waals surface area contributed by atoms with Gasteiger partial charge in [-0.05, 0) is 19.9 Å². The molecule has 0 amide bonds. The van der Waals surface area contributed by atoms with Crippen molar-refractivity contribution in [2.75, 3.05) is 25.1 Å². The van der Waals surface area contributed by atoms with Gasteiger partial charge in [0, 0.05) is 6.04 Å². The quantitative estimate of drug-likeness (QED) is 0.596. The Hall–Kier alpha value is -0.530. The summed E-state index contributed by atoms with van der Waals surface area (Å²) in [6, 6.07) is 0.347. The highest BCUT2D eigenvalue weighted by molar-refractivity contribution is 7.91. The van der Waals surface area contributed by atoms with Gasteiger partial charge in [-0.1, -0.05) is 5.92 Å². The largest absolute Gasteiger partial charge is 0.292 e. The third kappa shape index (κ3) is 3.02. The normalized spacial score (nSPS) is 22.8. The van der Waals surface area contributed by atoms with E-state index in [-0.39, 0.29) is 0 Å². The van der Waals surface area contributed by atoms with Crippen LogP contribution in [-0.4, -0.2) is 44.5 Å². The van der Waals surface area contributed by atoms with Crippen LogP contribution in [0.3, 0.4) is 0 Å². The topological polar surface area (TPSA) is 37.4 Å². The number of sulfone groups is 1. The SMILES string of the molecule is C#CCN(C)C1CCS(=O)(=O)CC1. The number of rotatable bonds is 2. The van der Waals surface area contributed by atoms with E-state index in [0.717, 1.165) is 12.8 Å². The molecule has 74 valence electrons. The van der Waals surface area contributed by atoms with Crippen molar-refractivity contribution in [1.29, 1.82) is 0 Å². The van der Waals surface area contributed by atoms with Crippen LogP contribution in [0.5, 0.6) is 0 Å². The maximum atomic E-state index is 11.1. The standard InChI is InChI=1S/C9H15NO2S/c1-3-6-10(2)9-4-7-13(11,12)8-5-9/h1,9H,4-8H2,2H3. The first-order chi connectivity index (χ1) is 6.05. The molecular weight excluding hydrogens is 186 g/mol. The highest BCUT2D eigenvalue weighted by Gasteiger charge is 2.25. The lowest BCUT2D eigenvalue weighted by atomic mass is 10.1. The highest BCUT2D eigenvalue weighted by Crippen LogP contribution is 2.16. The second-order valence-corrected chi connectivity index (χ2v) is 5.81. The fraction of sp³-hybridized carbons (Fsp3) is 0.778. The molecule has 0 aromatic rings. The molecule has 13 heavy (non-hydrogen) atoms. The smallest absolute Gasteiger partial charge is 0.150 e. The first kappa shape index (κ1) is 10.6. The van der Waals surface area contributed by atoms with Gasteiger partial charge >= 0.3 is 0 Å². The monoisotopic (exact) mass is 201 g/mol. The molecular formula is C9H15NO2S. The van der Waals surface area contributed by atoms with Crippen molar-refractivity contribution in [3.8, 4) is 12.3 Å². The predicted molar refractivity (Wildman–Crippen MR) is 53.1 cm³/mol.